The summed E-state index contributed by atoms with van der Waals surface area (Å²) in [5.74, 6) is -0.411. The lowest BCUT2D eigenvalue weighted by Gasteiger charge is -2.05. The minimum Gasteiger partial charge on any atom is -0.258 e. The largest absolute Gasteiger partial charge is 0.300 e. The van der Waals surface area contributed by atoms with E-state index in [4.69, 9.17) is 16.9 Å². The van der Waals surface area contributed by atoms with E-state index >= 15 is 0 Å². The van der Waals surface area contributed by atoms with Crippen molar-refractivity contribution in [1.82, 2.24) is 4.98 Å². The maximum absolute atomic E-state index is 12.5. The van der Waals surface area contributed by atoms with Crippen LogP contribution >= 0.6 is 11.6 Å². The van der Waals surface area contributed by atoms with Gasteiger partial charge in [0.1, 0.15) is 23.0 Å². The zero-order valence-corrected chi connectivity index (χ0v) is 8.41. The van der Waals surface area contributed by atoms with Gasteiger partial charge in [0.15, 0.2) is 0 Å². The summed E-state index contributed by atoms with van der Waals surface area (Å²) in [5.41, 5.74) is -2.33. The molecule has 16 heavy (non-hydrogen) atoms. The first-order chi connectivity index (χ1) is 7.51. The second kappa shape index (κ2) is 4.81. The molecule has 1 aromatic rings. The SMILES string of the molecule is N#Cc1cc(C(F)F)c([N+](=O)[O-])c(CCl)n1. The fourth-order valence-corrected chi connectivity index (χ4v) is 1.33. The smallest absolute Gasteiger partial charge is 0.258 e. The molecule has 0 unspecified atom stereocenters. The lowest BCUT2D eigenvalue weighted by atomic mass is 10.1. The summed E-state index contributed by atoms with van der Waals surface area (Å²) in [6, 6.07) is 2.23. The van der Waals surface area contributed by atoms with Crippen molar-refractivity contribution < 1.29 is 13.7 Å². The third-order valence-electron chi connectivity index (χ3n) is 1.75. The summed E-state index contributed by atoms with van der Waals surface area (Å²) in [4.78, 5) is 13.1. The Morgan fingerprint density at radius 2 is 2.31 bits per heavy atom. The van der Waals surface area contributed by atoms with Crippen LogP contribution in [0.1, 0.15) is 23.4 Å². The first-order valence-corrected chi connectivity index (χ1v) is 4.47. The Balaban J connectivity index is 3.55. The molecule has 0 fully saturated rings. The number of nitrogens with zero attached hydrogens (tertiary/aromatic N) is 3. The number of alkyl halides is 3. The van der Waals surface area contributed by atoms with Gasteiger partial charge in [-0.05, 0) is 6.07 Å². The molecule has 0 aliphatic carbocycles. The van der Waals surface area contributed by atoms with Crippen molar-refractivity contribution in [2.75, 3.05) is 0 Å². The highest BCUT2D eigenvalue weighted by atomic mass is 35.5. The van der Waals surface area contributed by atoms with Gasteiger partial charge in [-0.3, -0.25) is 10.1 Å². The number of nitro groups is 1. The summed E-state index contributed by atoms with van der Waals surface area (Å²) < 4.78 is 25.1. The fraction of sp³-hybridized carbons (Fsp3) is 0.250. The molecule has 0 saturated heterocycles. The number of halogens is 3. The summed E-state index contributed by atoms with van der Waals surface area (Å²) >= 11 is 5.36. The van der Waals surface area contributed by atoms with E-state index < -0.39 is 28.5 Å². The predicted molar refractivity (Wildman–Crippen MR) is 50.1 cm³/mol. The Kier molecular flexibility index (Phi) is 3.68. The minimum atomic E-state index is -3.06. The minimum absolute atomic E-state index is 0.323. The maximum Gasteiger partial charge on any atom is 0.300 e. The molecule has 0 saturated carbocycles. The first-order valence-electron chi connectivity index (χ1n) is 3.93. The van der Waals surface area contributed by atoms with Crippen LogP contribution < -0.4 is 0 Å². The Hall–Kier alpha value is -1.81. The average molecular weight is 248 g/mol. The topological polar surface area (TPSA) is 79.8 Å². The normalized spacial score (nSPS) is 10.2. The van der Waals surface area contributed by atoms with E-state index in [1.165, 1.54) is 6.07 Å². The van der Waals surface area contributed by atoms with Crippen molar-refractivity contribution in [3.8, 4) is 6.07 Å². The van der Waals surface area contributed by atoms with E-state index in [0.717, 1.165) is 0 Å². The van der Waals surface area contributed by atoms with Gasteiger partial charge in [-0.15, -0.1) is 11.6 Å². The number of aromatic nitrogens is 1. The Morgan fingerprint density at radius 3 is 2.69 bits per heavy atom. The van der Waals surface area contributed by atoms with Gasteiger partial charge in [0.05, 0.1) is 10.8 Å². The van der Waals surface area contributed by atoms with Crippen LogP contribution in [0.25, 0.3) is 0 Å². The zero-order valence-electron chi connectivity index (χ0n) is 7.65. The number of nitriles is 1. The highest BCUT2D eigenvalue weighted by Gasteiger charge is 2.27. The Bertz CT molecular complexity index is 473. The van der Waals surface area contributed by atoms with Gasteiger partial charge in [-0.25, -0.2) is 13.8 Å². The molecule has 1 rings (SSSR count). The van der Waals surface area contributed by atoms with Crippen molar-refractivity contribution in [2.45, 2.75) is 12.3 Å². The second-order valence-electron chi connectivity index (χ2n) is 2.70. The van der Waals surface area contributed by atoms with Gasteiger partial charge in [0.2, 0.25) is 0 Å². The summed E-state index contributed by atoms with van der Waals surface area (Å²) in [6.07, 6.45) is -3.06. The van der Waals surface area contributed by atoms with Crippen LogP contribution in [0.3, 0.4) is 0 Å². The van der Waals surface area contributed by atoms with Gasteiger partial charge in [0, 0.05) is 0 Å². The van der Waals surface area contributed by atoms with Crippen molar-refractivity contribution in [3.63, 3.8) is 0 Å². The fourth-order valence-electron chi connectivity index (χ4n) is 1.14. The highest BCUT2D eigenvalue weighted by Crippen LogP contribution is 2.32. The van der Waals surface area contributed by atoms with E-state index in [-0.39, 0.29) is 11.4 Å². The van der Waals surface area contributed by atoms with E-state index in [9.17, 15) is 18.9 Å². The van der Waals surface area contributed by atoms with Crippen LogP contribution in [-0.4, -0.2) is 9.91 Å². The molecule has 0 amide bonds. The van der Waals surface area contributed by atoms with Gasteiger partial charge < -0.3 is 0 Å². The number of hydrogen-bond donors (Lipinski definition) is 0. The molecule has 0 aromatic carbocycles. The van der Waals surface area contributed by atoms with Gasteiger partial charge in [-0.1, -0.05) is 0 Å². The molecule has 0 aliphatic heterocycles. The monoisotopic (exact) mass is 247 g/mol. The quantitative estimate of drug-likeness (QED) is 0.467. The number of rotatable bonds is 3. The van der Waals surface area contributed by atoms with E-state index in [1.807, 2.05) is 0 Å². The molecule has 0 radical (unpaired) electrons. The first kappa shape index (κ1) is 12.3. The molecular weight excluding hydrogens is 244 g/mol. The summed E-state index contributed by atoms with van der Waals surface area (Å²) in [7, 11) is 0. The molecule has 5 nitrogen and oxygen atoms in total. The predicted octanol–water partition coefficient (Wildman–Crippen LogP) is 2.54. The molecule has 0 aliphatic rings. The van der Waals surface area contributed by atoms with E-state index in [1.54, 1.807) is 0 Å². The molecular formula is C8H4ClF2N3O2. The van der Waals surface area contributed by atoms with Gasteiger partial charge in [-0.2, -0.15) is 5.26 Å². The highest BCUT2D eigenvalue weighted by molar-refractivity contribution is 6.17. The molecule has 0 spiro atoms. The number of pyridine rings is 1. The van der Waals surface area contributed by atoms with Crippen molar-refractivity contribution in [2.24, 2.45) is 0 Å². The van der Waals surface area contributed by atoms with Crippen LogP contribution in [0.5, 0.6) is 0 Å². The van der Waals surface area contributed by atoms with E-state index in [0.29, 0.717) is 6.07 Å². The molecule has 0 atom stereocenters. The molecule has 8 heteroatoms. The third-order valence-corrected chi connectivity index (χ3v) is 2.01. The van der Waals surface area contributed by atoms with E-state index in [2.05, 4.69) is 4.98 Å². The molecule has 0 bridgehead atoms. The molecule has 1 heterocycles. The Labute approximate surface area is 93.4 Å². The Morgan fingerprint density at radius 1 is 1.69 bits per heavy atom. The zero-order chi connectivity index (χ0) is 12.3. The molecule has 0 N–H and O–H groups in total. The van der Waals surface area contributed by atoms with Crippen LogP contribution in [0.4, 0.5) is 14.5 Å². The van der Waals surface area contributed by atoms with Crippen LogP contribution in [0.15, 0.2) is 6.07 Å². The lowest BCUT2D eigenvalue weighted by molar-refractivity contribution is -0.387. The average Bonchev–Trinajstić information content (AvgIpc) is 2.26. The van der Waals surface area contributed by atoms with Crippen molar-refractivity contribution in [1.29, 1.82) is 5.26 Å². The van der Waals surface area contributed by atoms with Gasteiger partial charge >= 0.3 is 5.69 Å². The van der Waals surface area contributed by atoms with Crippen LogP contribution in [0, 0.1) is 21.4 Å². The summed E-state index contributed by atoms with van der Waals surface area (Å²) in [6.45, 7) is 0. The molecule has 84 valence electrons. The van der Waals surface area contributed by atoms with Gasteiger partial charge in [0.25, 0.3) is 6.43 Å². The van der Waals surface area contributed by atoms with Crippen LogP contribution in [0.2, 0.25) is 0 Å². The second-order valence-corrected chi connectivity index (χ2v) is 2.96. The molecule has 1 aromatic heterocycles. The maximum atomic E-state index is 12.5. The lowest BCUT2D eigenvalue weighted by Crippen LogP contribution is -2.04. The van der Waals surface area contributed by atoms with Crippen molar-refractivity contribution in [3.05, 3.63) is 33.1 Å². The standard InChI is InChI=1S/C8H4ClF2N3O2/c9-2-6-7(14(15)16)5(8(10)11)1-4(3-12)13-6/h1,8H,2H2. The number of hydrogen-bond acceptors (Lipinski definition) is 4. The third kappa shape index (κ3) is 2.23. The van der Waals surface area contributed by atoms with Crippen LogP contribution in [-0.2, 0) is 5.88 Å². The summed E-state index contributed by atoms with van der Waals surface area (Å²) in [5, 5.41) is 19.1. The van der Waals surface area contributed by atoms with Crippen molar-refractivity contribution >= 4 is 17.3 Å².